The van der Waals surface area contributed by atoms with E-state index in [9.17, 15) is 13.2 Å². The molecule has 0 aliphatic rings. The normalized spacial score (nSPS) is 10.6. The molecule has 0 heterocycles. The topological polar surface area (TPSA) is 12.0 Å². The first kappa shape index (κ1) is 14.2. The van der Waals surface area contributed by atoms with E-state index in [4.69, 9.17) is 11.6 Å². The summed E-state index contributed by atoms with van der Waals surface area (Å²) in [5, 5.41) is 3.46. The van der Waals surface area contributed by atoms with Crippen molar-refractivity contribution in [3.8, 4) is 0 Å². The van der Waals surface area contributed by atoms with Gasteiger partial charge in [-0.15, -0.1) is 0 Å². The minimum absolute atomic E-state index is 0.0310. The van der Waals surface area contributed by atoms with Crippen LogP contribution in [-0.4, -0.2) is 0 Å². The Balaban J connectivity index is 2.16. The molecule has 0 spiro atoms. The van der Waals surface area contributed by atoms with Gasteiger partial charge in [-0.25, -0.2) is 13.2 Å². The molecule has 0 aliphatic heterocycles. The molecule has 6 heteroatoms. The maximum atomic E-state index is 13.4. The van der Waals surface area contributed by atoms with Crippen molar-refractivity contribution in [3.05, 3.63) is 62.8 Å². The quantitative estimate of drug-likeness (QED) is 0.757. The van der Waals surface area contributed by atoms with Gasteiger partial charge in [-0.2, -0.15) is 0 Å². The van der Waals surface area contributed by atoms with Crippen LogP contribution in [0.25, 0.3) is 0 Å². The summed E-state index contributed by atoms with van der Waals surface area (Å²) >= 11 is 9.08. The van der Waals surface area contributed by atoms with Crippen molar-refractivity contribution in [2.24, 2.45) is 0 Å². The molecular formula is C13H8BrClF3N. The molecule has 0 saturated carbocycles. The third-order valence-corrected chi connectivity index (χ3v) is 3.38. The first-order chi connectivity index (χ1) is 8.97. The molecule has 0 unspecified atom stereocenters. The van der Waals surface area contributed by atoms with Gasteiger partial charge in [0.15, 0.2) is 11.6 Å². The van der Waals surface area contributed by atoms with Gasteiger partial charge in [0.2, 0.25) is 0 Å². The van der Waals surface area contributed by atoms with Gasteiger partial charge in [-0.3, -0.25) is 0 Å². The van der Waals surface area contributed by atoms with E-state index < -0.39 is 17.5 Å². The zero-order chi connectivity index (χ0) is 14.0. The Morgan fingerprint density at radius 1 is 1.00 bits per heavy atom. The van der Waals surface area contributed by atoms with E-state index in [1.54, 1.807) is 18.2 Å². The summed E-state index contributed by atoms with van der Waals surface area (Å²) in [7, 11) is 0. The Morgan fingerprint density at radius 2 is 1.68 bits per heavy atom. The first-order valence-corrected chi connectivity index (χ1v) is 6.47. The van der Waals surface area contributed by atoms with Gasteiger partial charge in [0, 0.05) is 33.4 Å². The highest BCUT2D eigenvalue weighted by atomic mass is 79.9. The molecule has 2 aromatic rings. The Morgan fingerprint density at radius 3 is 2.37 bits per heavy atom. The Labute approximate surface area is 121 Å². The van der Waals surface area contributed by atoms with Crippen LogP contribution in [-0.2, 0) is 6.54 Å². The highest BCUT2D eigenvalue weighted by molar-refractivity contribution is 9.10. The molecule has 0 fully saturated rings. The minimum atomic E-state index is -1.20. The lowest BCUT2D eigenvalue weighted by Crippen LogP contribution is -2.04. The lowest BCUT2D eigenvalue weighted by atomic mass is 10.2. The van der Waals surface area contributed by atoms with Crippen LogP contribution in [0, 0.1) is 17.5 Å². The smallest absolute Gasteiger partial charge is 0.161 e. The van der Waals surface area contributed by atoms with E-state index in [0.29, 0.717) is 21.2 Å². The molecule has 0 saturated heterocycles. The molecule has 0 bridgehead atoms. The van der Waals surface area contributed by atoms with Crippen LogP contribution >= 0.6 is 27.5 Å². The van der Waals surface area contributed by atoms with Gasteiger partial charge >= 0.3 is 0 Å². The fraction of sp³-hybridized carbons (Fsp3) is 0.0769. The van der Waals surface area contributed by atoms with Gasteiger partial charge < -0.3 is 5.32 Å². The van der Waals surface area contributed by atoms with Gasteiger partial charge in [-0.05, 0) is 40.2 Å². The molecule has 0 amide bonds. The standard InChI is InChI=1S/C13H8BrClF3N/c14-9-4-8(15)1-2-13(9)19-6-7-3-11(17)12(18)5-10(7)16/h1-5,19H,6H2. The summed E-state index contributed by atoms with van der Waals surface area (Å²) in [5.74, 6) is -3.07. The van der Waals surface area contributed by atoms with Gasteiger partial charge in [0.05, 0.1) is 0 Å². The third kappa shape index (κ3) is 3.42. The van der Waals surface area contributed by atoms with E-state index in [1.165, 1.54) is 0 Å². The Hall–Kier alpha value is -1.20. The fourth-order valence-corrected chi connectivity index (χ4v) is 2.35. The second-order valence-corrected chi connectivity index (χ2v) is 5.13. The fourth-order valence-electron chi connectivity index (χ4n) is 1.52. The van der Waals surface area contributed by atoms with E-state index in [-0.39, 0.29) is 12.1 Å². The highest BCUT2D eigenvalue weighted by Gasteiger charge is 2.10. The van der Waals surface area contributed by atoms with Crippen LogP contribution in [0.1, 0.15) is 5.56 Å². The summed E-state index contributed by atoms with van der Waals surface area (Å²) in [6, 6.07) is 6.40. The molecule has 0 aromatic heterocycles. The summed E-state index contributed by atoms with van der Waals surface area (Å²) in [5.41, 5.74) is 0.717. The van der Waals surface area contributed by atoms with Crippen LogP contribution in [0.5, 0.6) is 0 Å². The number of hydrogen-bond acceptors (Lipinski definition) is 1. The molecule has 0 radical (unpaired) electrons. The zero-order valence-corrected chi connectivity index (χ0v) is 11.8. The second kappa shape index (κ2) is 5.84. The molecule has 1 nitrogen and oxygen atoms in total. The van der Waals surface area contributed by atoms with E-state index >= 15 is 0 Å². The lowest BCUT2D eigenvalue weighted by Gasteiger charge is -2.10. The maximum Gasteiger partial charge on any atom is 0.161 e. The molecule has 2 aromatic carbocycles. The van der Waals surface area contributed by atoms with Crippen molar-refractivity contribution in [2.45, 2.75) is 6.54 Å². The summed E-state index contributed by atoms with van der Waals surface area (Å²) < 4.78 is 39.9. The molecule has 1 N–H and O–H groups in total. The molecular weight excluding hydrogens is 343 g/mol. The molecule has 2 rings (SSSR count). The number of hydrogen-bond donors (Lipinski definition) is 1. The predicted molar refractivity (Wildman–Crippen MR) is 72.8 cm³/mol. The molecule has 0 aliphatic carbocycles. The Kier molecular flexibility index (Phi) is 4.37. The highest BCUT2D eigenvalue weighted by Crippen LogP contribution is 2.26. The van der Waals surface area contributed by atoms with E-state index in [0.717, 1.165) is 6.07 Å². The molecule has 19 heavy (non-hydrogen) atoms. The second-order valence-electron chi connectivity index (χ2n) is 3.84. The number of nitrogens with one attached hydrogen (secondary N) is 1. The Bertz CT molecular complexity index is 619. The van der Waals surface area contributed by atoms with Crippen molar-refractivity contribution in [2.75, 3.05) is 5.32 Å². The molecule has 0 atom stereocenters. The summed E-state index contributed by atoms with van der Waals surface area (Å²) in [4.78, 5) is 0. The monoisotopic (exact) mass is 349 g/mol. The number of benzene rings is 2. The number of halogens is 5. The van der Waals surface area contributed by atoms with Crippen LogP contribution in [0.4, 0.5) is 18.9 Å². The van der Waals surface area contributed by atoms with Crippen molar-refractivity contribution >= 4 is 33.2 Å². The largest absolute Gasteiger partial charge is 0.380 e. The van der Waals surface area contributed by atoms with Gasteiger partial charge in [0.25, 0.3) is 0 Å². The summed E-state index contributed by atoms with van der Waals surface area (Å²) in [6.07, 6.45) is 0. The lowest BCUT2D eigenvalue weighted by molar-refractivity contribution is 0.490. The van der Waals surface area contributed by atoms with E-state index in [2.05, 4.69) is 21.2 Å². The van der Waals surface area contributed by atoms with Gasteiger partial charge in [0.1, 0.15) is 5.82 Å². The van der Waals surface area contributed by atoms with E-state index in [1.807, 2.05) is 0 Å². The number of anilines is 1. The number of rotatable bonds is 3. The van der Waals surface area contributed by atoms with Crippen LogP contribution in [0.15, 0.2) is 34.8 Å². The van der Waals surface area contributed by atoms with Crippen LogP contribution in [0.2, 0.25) is 5.02 Å². The predicted octanol–water partition coefficient (Wildman–Crippen LogP) is 5.13. The third-order valence-electron chi connectivity index (χ3n) is 2.49. The van der Waals surface area contributed by atoms with Crippen molar-refractivity contribution < 1.29 is 13.2 Å². The minimum Gasteiger partial charge on any atom is -0.380 e. The first-order valence-electron chi connectivity index (χ1n) is 5.29. The van der Waals surface area contributed by atoms with Crippen molar-refractivity contribution in [3.63, 3.8) is 0 Å². The van der Waals surface area contributed by atoms with Gasteiger partial charge in [-0.1, -0.05) is 11.6 Å². The average Bonchev–Trinajstić information content (AvgIpc) is 2.34. The molecule has 100 valence electrons. The SMILES string of the molecule is Fc1cc(F)c(CNc2ccc(Cl)cc2Br)cc1F. The van der Waals surface area contributed by atoms with Crippen molar-refractivity contribution in [1.82, 2.24) is 0 Å². The average molecular weight is 351 g/mol. The zero-order valence-electron chi connectivity index (χ0n) is 9.48. The van der Waals surface area contributed by atoms with Crippen LogP contribution < -0.4 is 5.32 Å². The summed E-state index contributed by atoms with van der Waals surface area (Å²) in [6.45, 7) is 0.0310. The van der Waals surface area contributed by atoms with Crippen molar-refractivity contribution in [1.29, 1.82) is 0 Å². The maximum absolute atomic E-state index is 13.4. The van der Waals surface area contributed by atoms with Crippen LogP contribution in [0.3, 0.4) is 0 Å².